The molecule has 1 spiro atoms. The summed E-state index contributed by atoms with van der Waals surface area (Å²) in [4.78, 5) is 33.1. The van der Waals surface area contributed by atoms with Crippen LogP contribution in [-0.4, -0.2) is 46.9 Å². The van der Waals surface area contributed by atoms with E-state index >= 15 is 0 Å². The summed E-state index contributed by atoms with van der Waals surface area (Å²) in [6, 6.07) is 11.7. The molecule has 2 aliphatic rings. The molecule has 2 atom stereocenters. The maximum atomic E-state index is 13.3. The van der Waals surface area contributed by atoms with Crippen molar-refractivity contribution in [2.24, 2.45) is 11.3 Å². The second-order valence-corrected chi connectivity index (χ2v) is 8.09. The third-order valence-corrected chi connectivity index (χ3v) is 5.99. The largest absolute Gasteiger partial charge is 0.340 e. The van der Waals surface area contributed by atoms with Gasteiger partial charge in [0.2, 0.25) is 5.91 Å². The normalized spacial score (nSPS) is 22.6. The average Bonchev–Trinajstić information content (AvgIpc) is 3.25. The molecule has 29 heavy (non-hydrogen) atoms. The first kappa shape index (κ1) is 19.4. The highest BCUT2D eigenvalue weighted by Gasteiger charge is 2.61. The van der Waals surface area contributed by atoms with Gasteiger partial charge >= 0.3 is 6.03 Å². The summed E-state index contributed by atoms with van der Waals surface area (Å²) in [5.74, 6) is -0.221. The number of aromatic nitrogens is 1. The van der Waals surface area contributed by atoms with Crippen molar-refractivity contribution in [1.82, 2.24) is 20.1 Å². The van der Waals surface area contributed by atoms with Gasteiger partial charge in [0.15, 0.2) is 0 Å². The van der Waals surface area contributed by atoms with Crippen molar-refractivity contribution in [3.8, 4) is 0 Å². The number of benzene rings is 1. The van der Waals surface area contributed by atoms with Crippen LogP contribution < -0.4 is 5.32 Å². The summed E-state index contributed by atoms with van der Waals surface area (Å²) in [6.45, 7) is 2.01. The van der Waals surface area contributed by atoms with Crippen LogP contribution in [0, 0.1) is 17.2 Å². The smallest absolute Gasteiger partial charge is 0.317 e. The number of rotatable bonds is 5. The van der Waals surface area contributed by atoms with E-state index in [0.29, 0.717) is 19.6 Å². The molecular weight excluding hydrogens is 371 g/mol. The molecule has 0 unspecified atom stereocenters. The molecule has 1 aliphatic carbocycles. The topological polar surface area (TPSA) is 65.5 Å². The summed E-state index contributed by atoms with van der Waals surface area (Å²) in [5, 5.41) is 2.85. The zero-order valence-corrected chi connectivity index (χ0v) is 16.5. The highest BCUT2D eigenvalue weighted by Crippen LogP contribution is 2.59. The van der Waals surface area contributed by atoms with E-state index in [4.69, 9.17) is 0 Å². The lowest BCUT2D eigenvalue weighted by atomic mass is 10.0. The second kappa shape index (κ2) is 7.81. The first-order chi connectivity index (χ1) is 14.0. The Bertz CT molecular complexity index is 907. The van der Waals surface area contributed by atoms with Gasteiger partial charge in [-0.25, -0.2) is 9.18 Å². The molecule has 0 bridgehead atoms. The fourth-order valence-electron chi connectivity index (χ4n) is 4.23. The molecule has 1 saturated heterocycles. The number of pyridine rings is 1. The number of carbonyl (C=O) groups is 2. The molecule has 1 aromatic carbocycles. The Hall–Kier alpha value is -2.96. The van der Waals surface area contributed by atoms with Crippen molar-refractivity contribution >= 4 is 11.9 Å². The number of hydrogen-bond donors (Lipinski definition) is 1. The summed E-state index contributed by atoms with van der Waals surface area (Å²) >= 11 is 0. The number of nitrogens with zero attached hydrogens (tertiary/aromatic N) is 3. The third-order valence-electron chi connectivity index (χ3n) is 5.99. The van der Waals surface area contributed by atoms with Gasteiger partial charge in [-0.05, 0) is 42.7 Å². The Balaban J connectivity index is 1.28. The summed E-state index contributed by atoms with van der Waals surface area (Å²) < 4.78 is 13.3. The second-order valence-electron chi connectivity index (χ2n) is 8.09. The molecular formula is C22H25FN4O2. The Morgan fingerprint density at radius 3 is 2.93 bits per heavy atom. The number of nitrogens with one attached hydrogen (secondary N) is 1. The van der Waals surface area contributed by atoms with Gasteiger partial charge < -0.3 is 15.1 Å². The van der Waals surface area contributed by atoms with Crippen molar-refractivity contribution in [2.45, 2.75) is 25.9 Å². The Labute approximate surface area is 169 Å². The van der Waals surface area contributed by atoms with E-state index in [1.807, 2.05) is 18.2 Å². The minimum Gasteiger partial charge on any atom is -0.340 e. The summed E-state index contributed by atoms with van der Waals surface area (Å²) in [5.41, 5.74) is 1.50. The molecule has 0 radical (unpaired) electrons. The maximum absolute atomic E-state index is 13.3. The predicted octanol–water partition coefficient (Wildman–Crippen LogP) is 2.80. The van der Waals surface area contributed by atoms with E-state index in [2.05, 4.69) is 10.3 Å². The van der Waals surface area contributed by atoms with Gasteiger partial charge in [-0.15, -0.1) is 0 Å². The van der Waals surface area contributed by atoms with Gasteiger partial charge in [0.25, 0.3) is 0 Å². The van der Waals surface area contributed by atoms with E-state index in [-0.39, 0.29) is 35.6 Å². The Morgan fingerprint density at radius 1 is 1.31 bits per heavy atom. The van der Waals surface area contributed by atoms with Crippen molar-refractivity contribution in [2.75, 3.05) is 20.1 Å². The lowest BCUT2D eigenvalue weighted by molar-refractivity contribution is -0.132. The van der Waals surface area contributed by atoms with Gasteiger partial charge in [-0.3, -0.25) is 9.78 Å². The van der Waals surface area contributed by atoms with Gasteiger partial charge in [-0.2, -0.15) is 0 Å². The number of amides is 3. The van der Waals surface area contributed by atoms with Crippen LogP contribution in [0.2, 0.25) is 0 Å². The van der Waals surface area contributed by atoms with Crippen molar-refractivity contribution in [3.63, 3.8) is 0 Å². The van der Waals surface area contributed by atoms with Crippen molar-refractivity contribution < 1.29 is 14.0 Å². The fraction of sp³-hybridized carbons (Fsp3) is 0.409. The standard InChI is InChI=1S/C22H25FN4O2/c1-26(14-18-7-2-3-9-24-18)20(28)19-12-22(19)8-10-27(15-22)21(29)25-13-16-5-4-6-17(23)11-16/h2-7,9,11,19H,8,10,12-15H2,1H3,(H,25,29)/t19-,22-/m1/s1. The molecule has 2 fully saturated rings. The average molecular weight is 396 g/mol. The fourth-order valence-corrected chi connectivity index (χ4v) is 4.23. The lowest BCUT2D eigenvalue weighted by Gasteiger charge is -2.20. The zero-order chi connectivity index (χ0) is 20.4. The first-order valence-corrected chi connectivity index (χ1v) is 9.89. The van der Waals surface area contributed by atoms with Crippen LogP contribution in [0.5, 0.6) is 0 Å². The molecule has 1 aliphatic heterocycles. The van der Waals surface area contributed by atoms with E-state index in [1.165, 1.54) is 12.1 Å². The van der Waals surface area contributed by atoms with Gasteiger partial charge in [-0.1, -0.05) is 18.2 Å². The monoisotopic (exact) mass is 396 g/mol. The SMILES string of the molecule is CN(Cc1ccccn1)C(=O)[C@H]1C[C@@]12CCN(C(=O)NCc1cccc(F)c1)C2. The minimum atomic E-state index is -0.314. The van der Waals surface area contributed by atoms with E-state index in [0.717, 1.165) is 24.1 Å². The molecule has 4 rings (SSSR count). The van der Waals surface area contributed by atoms with Crippen LogP contribution in [0.3, 0.4) is 0 Å². The van der Waals surface area contributed by atoms with Crippen LogP contribution in [0.25, 0.3) is 0 Å². The number of halogens is 1. The van der Waals surface area contributed by atoms with Crippen molar-refractivity contribution in [3.05, 3.63) is 65.7 Å². The maximum Gasteiger partial charge on any atom is 0.317 e. The predicted molar refractivity (Wildman–Crippen MR) is 106 cm³/mol. The van der Waals surface area contributed by atoms with Crippen LogP contribution in [0.15, 0.2) is 48.7 Å². The molecule has 1 saturated carbocycles. The summed E-state index contributed by atoms with van der Waals surface area (Å²) in [7, 11) is 1.81. The molecule has 1 aromatic heterocycles. The summed E-state index contributed by atoms with van der Waals surface area (Å²) in [6.07, 6.45) is 3.39. The minimum absolute atomic E-state index is 0.0303. The van der Waals surface area contributed by atoms with E-state index in [1.54, 1.807) is 35.2 Å². The third kappa shape index (κ3) is 4.23. The van der Waals surface area contributed by atoms with E-state index < -0.39 is 0 Å². The van der Waals surface area contributed by atoms with Crippen molar-refractivity contribution in [1.29, 1.82) is 0 Å². The van der Waals surface area contributed by atoms with Crippen LogP contribution >= 0.6 is 0 Å². The zero-order valence-electron chi connectivity index (χ0n) is 16.5. The quantitative estimate of drug-likeness (QED) is 0.845. The lowest BCUT2D eigenvalue weighted by Crippen LogP contribution is -2.38. The molecule has 3 amide bonds. The molecule has 152 valence electrons. The van der Waals surface area contributed by atoms with Gasteiger partial charge in [0.1, 0.15) is 5.82 Å². The van der Waals surface area contributed by atoms with Gasteiger partial charge in [0.05, 0.1) is 12.2 Å². The van der Waals surface area contributed by atoms with Gasteiger partial charge in [0, 0.05) is 44.2 Å². The molecule has 6 nitrogen and oxygen atoms in total. The number of likely N-dealkylation sites (tertiary alicyclic amines) is 1. The van der Waals surface area contributed by atoms with E-state index in [9.17, 15) is 14.0 Å². The molecule has 2 heterocycles. The molecule has 7 heteroatoms. The van der Waals surface area contributed by atoms with Crippen LogP contribution in [0.1, 0.15) is 24.1 Å². The number of carbonyl (C=O) groups excluding carboxylic acids is 2. The number of urea groups is 1. The van der Waals surface area contributed by atoms with Crippen LogP contribution in [0.4, 0.5) is 9.18 Å². The molecule has 1 N–H and O–H groups in total. The highest BCUT2D eigenvalue weighted by atomic mass is 19.1. The number of hydrogen-bond acceptors (Lipinski definition) is 3. The Morgan fingerprint density at radius 2 is 2.17 bits per heavy atom. The van der Waals surface area contributed by atoms with Crippen LogP contribution in [-0.2, 0) is 17.9 Å². The highest BCUT2D eigenvalue weighted by molar-refractivity contribution is 5.83. The first-order valence-electron chi connectivity index (χ1n) is 9.89. The molecule has 2 aromatic rings. The Kier molecular flexibility index (Phi) is 5.22.